The van der Waals surface area contributed by atoms with Crippen LogP contribution in [-0.4, -0.2) is 31.6 Å². The Morgan fingerprint density at radius 2 is 2.00 bits per heavy atom. The van der Waals surface area contributed by atoms with Gasteiger partial charge in [0.05, 0.1) is 23.6 Å². The molecule has 0 unspecified atom stereocenters. The van der Waals surface area contributed by atoms with Crippen molar-refractivity contribution in [2.24, 2.45) is 0 Å². The van der Waals surface area contributed by atoms with Gasteiger partial charge in [-0.05, 0) is 65.4 Å². The van der Waals surface area contributed by atoms with E-state index in [1.165, 1.54) is 23.9 Å². The second-order valence-corrected chi connectivity index (χ2v) is 9.99. The number of carboxylic acid groups (broad SMARTS) is 1. The normalized spacial score (nSPS) is 13.3. The average Bonchev–Trinajstić information content (AvgIpc) is 3.42. The molecule has 178 valence electrons. The number of hydrogen-bond donors (Lipinski definition) is 2. The van der Waals surface area contributed by atoms with Crippen molar-refractivity contribution in [1.29, 1.82) is 0 Å². The van der Waals surface area contributed by atoms with Gasteiger partial charge >= 0.3 is 12.0 Å². The Labute approximate surface area is 218 Å². The summed E-state index contributed by atoms with van der Waals surface area (Å²) in [7, 11) is 0. The van der Waals surface area contributed by atoms with E-state index in [9.17, 15) is 14.7 Å². The van der Waals surface area contributed by atoms with Crippen LogP contribution in [0.4, 0.5) is 10.6 Å². The molecule has 9 nitrogen and oxygen atoms in total. The van der Waals surface area contributed by atoms with E-state index >= 15 is 0 Å². The number of oxazole rings is 1. The molecule has 2 aromatic heterocycles. The Hall–Kier alpha value is -3.32. The highest BCUT2D eigenvalue weighted by Gasteiger charge is 2.32. The fourth-order valence-corrected chi connectivity index (χ4v) is 5.06. The molecule has 4 aromatic rings. The van der Waals surface area contributed by atoms with Crippen LogP contribution in [-0.2, 0) is 18.8 Å². The number of carbonyl (C=O) groups is 2. The molecule has 3 heterocycles. The quantitative estimate of drug-likeness (QED) is 0.217. The first-order valence-corrected chi connectivity index (χ1v) is 12.8. The standard InChI is InChI=1S/C24H20IN5O4S/c1-3-29-19(12-35-24-27-17-9-6-15(22(31)32)10-18(17)34-24)28-21-20(29)13(2)26-23(33)30(21)11-14-4-7-16(25)8-5-14/h4-10H,2-3,11-12H2,1H3,(H,26,33)(H,31,32). The second kappa shape index (κ2) is 9.38. The number of hydrogen-bond acceptors (Lipinski definition) is 6. The van der Waals surface area contributed by atoms with Crippen molar-refractivity contribution in [3.05, 3.63) is 75.3 Å². The Kier molecular flexibility index (Phi) is 6.28. The fraction of sp³-hybridized carbons (Fsp3) is 0.167. The molecule has 0 saturated heterocycles. The molecule has 0 fully saturated rings. The Morgan fingerprint density at radius 1 is 1.23 bits per heavy atom. The van der Waals surface area contributed by atoms with E-state index in [1.807, 2.05) is 35.8 Å². The van der Waals surface area contributed by atoms with E-state index < -0.39 is 5.97 Å². The molecule has 0 atom stereocenters. The lowest BCUT2D eigenvalue weighted by molar-refractivity contribution is 0.0697. The minimum absolute atomic E-state index is 0.142. The van der Waals surface area contributed by atoms with Gasteiger partial charge in [-0.2, -0.15) is 0 Å². The van der Waals surface area contributed by atoms with Crippen LogP contribution >= 0.6 is 34.4 Å². The maximum absolute atomic E-state index is 12.8. The van der Waals surface area contributed by atoms with Crippen LogP contribution in [0, 0.1) is 3.57 Å². The number of rotatable bonds is 7. The number of halogens is 1. The monoisotopic (exact) mass is 601 g/mol. The number of amides is 2. The third-order valence-electron chi connectivity index (χ3n) is 5.58. The number of nitrogens with one attached hydrogen (secondary N) is 1. The van der Waals surface area contributed by atoms with Gasteiger partial charge in [-0.1, -0.05) is 30.5 Å². The number of aromatic carboxylic acids is 1. The number of carbonyl (C=O) groups excluding carboxylic acids is 1. The SMILES string of the molecule is C=C1NC(=O)N(Cc2ccc(I)cc2)c2nc(CSc3nc4ccc(C(=O)O)cc4o3)n(CC)c21. The summed E-state index contributed by atoms with van der Waals surface area (Å²) in [5.74, 6) is 0.740. The number of benzene rings is 2. The molecule has 5 rings (SSSR count). The molecule has 1 aliphatic rings. The zero-order valence-corrected chi connectivity index (χ0v) is 21.6. The maximum atomic E-state index is 12.8. The molecule has 0 radical (unpaired) electrons. The minimum Gasteiger partial charge on any atom is -0.478 e. The summed E-state index contributed by atoms with van der Waals surface area (Å²) in [6.07, 6.45) is 0. The van der Waals surface area contributed by atoms with Gasteiger partial charge in [0.1, 0.15) is 17.0 Å². The van der Waals surface area contributed by atoms with Gasteiger partial charge in [0.25, 0.3) is 5.22 Å². The van der Waals surface area contributed by atoms with Crippen molar-refractivity contribution in [3.8, 4) is 0 Å². The molecule has 2 amide bonds. The van der Waals surface area contributed by atoms with Crippen molar-refractivity contribution in [2.45, 2.75) is 31.0 Å². The zero-order valence-electron chi connectivity index (χ0n) is 18.6. The van der Waals surface area contributed by atoms with E-state index in [2.05, 4.69) is 39.5 Å². The first-order valence-electron chi connectivity index (χ1n) is 10.7. The van der Waals surface area contributed by atoms with Crippen LogP contribution in [0.1, 0.15) is 34.4 Å². The number of urea groups is 1. The number of nitrogens with zero attached hydrogens (tertiary/aromatic N) is 4. The van der Waals surface area contributed by atoms with Crippen molar-refractivity contribution >= 4 is 69.0 Å². The van der Waals surface area contributed by atoms with Crippen LogP contribution < -0.4 is 10.2 Å². The van der Waals surface area contributed by atoms with Gasteiger partial charge < -0.3 is 19.4 Å². The molecule has 0 bridgehead atoms. The lowest BCUT2D eigenvalue weighted by Crippen LogP contribution is -2.43. The number of fused-ring (bicyclic) bond motifs is 2. The number of aromatic nitrogens is 3. The van der Waals surface area contributed by atoms with Crippen molar-refractivity contribution in [1.82, 2.24) is 19.9 Å². The largest absolute Gasteiger partial charge is 0.478 e. The fourth-order valence-electron chi connectivity index (χ4n) is 3.92. The van der Waals surface area contributed by atoms with Crippen molar-refractivity contribution in [3.63, 3.8) is 0 Å². The van der Waals surface area contributed by atoms with Gasteiger partial charge in [-0.15, -0.1) is 0 Å². The Bertz CT molecular complexity index is 1480. The summed E-state index contributed by atoms with van der Waals surface area (Å²) in [6, 6.07) is 12.3. The van der Waals surface area contributed by atoms with Crippen molar-refractivity contribution < 1.29 is 19.1 Å². The van der Waals surface area contributed by atoms with Crippen LogP contribution in [0.15, 0.2) is 58.7 Å². The first kappa shape index (κ1) is 23.4. The number of imidazole rings is 1. The van der Waals surface area contributed by atoms with Crippen molar-refractivity contribution in [2.75, 3.05) is 4.90 Å². The van der Waals surface area contributed by atoms with E-state index in [1.54, 1.807) is 11.0 Å². The topological polar surface area (TPSA) is 113 Å². The molecule has 0 spiro atoms. The van der Waals surface area contributed by atoms with Gasteiger partial charge in [0, 0.05) is 10.1 Å². The molecule has 0 saturated carbocycles. The highest BCUT2D eigenvalue weighted by molar-refractivity contribution is 14.1. The molecule has 1 aliphatic heterocycles. The summed E-state index contributed by atoms with van der Waals surface area (Å²) in [5, 5.41) is 12.5. The molecule has 2 aromatic carbocycles. The highest BCUT2D eigenvalue weighted by atomic mass is 127. The Morgan fingerprint density at radius 3 is 2.71 bits per heavy atom. The average molecular weight is 601 g/mol. The molecule has 0 aliphatic carbocycles. The first-order chi connectivity index (χ1) is 16.8. The van der Waals surface area contributed by atoms with Gasteiger partial charge in [0.2, 0.25) is 0 Å². The third-order valence-corrected chi connectivity index (χ3v) is 7.13. The molecule has 2 N–H and O–H groups in total. The van der Waals surface area contributed by atoms with Gasteiger partial charge in [0.15, 0.2) is 11.4 Å². The van der Waals surface area contributed by atoms with Crippen LogP contribution in [0.5, 0.6) is 0 Å². The van der Waals surface area contributed by atoms with E-state index in [0.717, 1.165) is 20.7 Å². The predicted molar refractivity (Wildman–Crippen MR) is 141 cm³/mol. The zero-order chi connectivity index (χ0) is 24.7. The summed E-state index contributed by atoms with van der Waals surface area (Å²) in [6.45, 7) is 7.08. The third kappa shape index (κ3) is 4.52. The van der Waals surface area contributed by atoms with E-state index in [4.69, 9.17) is 9.40 Å². The number of anilines is 1. The van der Waals surface area contributed by atoms with Crippen LogP contribution in [0.3, 0.4) is 0 Å². The Balaban J connectivity index is 1.43. The molecular weight excluding hydrogens is 581 g/mol. The smallest absolute Gasteiger partial charge is 0.335 e. The summed E-state index contributed by atoms with van der Waals surface area (Å²) >= 11 is 3.60. The number of carboxylic acids is 1. The second-order valence-electron chi connectivity index (χ2n) is 7.82. The highest BCUT2D eigenvalue weighted by Crippen LogP contribution is 2.34. The van der Waals surface area contributed by atoms with Crippen LogP contribution in [0.2, 0.25) is 0 Å². The minimum atomic E-state index is -1.02. The summed E-state index contributed by atoms with van der Waals surface area (Å²) in [5.41, 5.74) is 3.42. The van der Waals surface area contributed by atoms with Gasteiger partial charge in [-0.3, -0.25) is 4.90 Å². The summed E-state index contributed by atoms with van der Waals surface area (Å²) < 4.78 is 8.91. The lowest BCUT2D eigenvalue weighted by Gasteiger charge is -2.28. The lowest BCUT2D eigenvalue weighted by atomic mass is 10.2. The van der Waals surface area contributed by atoms with Crippen LogP contribution in [0.25, 0.3) is 16.8 Å². The maximum Gasteiger partial charge on any atom is 0.335 e. The van der Waals surface area contributed by atoms with Gasteiger partial charge in [-0.25, -0.2) is 19.6 Å². The van der Waals surface area contributed by atoms with E-state index in [0.29, 0.717) is 46.7 Å². The van der Waals surface area contributed by atoms with E-state index in [-0.39, 0.29) is 11.6 Å². The number of thioether (sulfide) groups is 1. The molecule has 35 heavy (non-hydrogen) atoms. The summed E-state index contributed by atoms with van der Waals surface area (Å²) in [4.78, 5) is 34.9. The molecule has 11 heteroatoms. The molecular formula is C24H20IN5O4S. The predicted octanol–water partition coefficient (Wildman–Crippen LogP) is 5.34.